The van der Waals surface area contributed by atoms with Gasteiger partial charge in [-0.3, -0.25) is 9.59 Å². The van der Waals surface area contributed by atoms with Crippen molar-refractivity contribution < 1.29 is 14.3 Å². The van der Waals surface area contributed by atoms with Crippen molar-refractivity contribution in [1.82, 2.24) is 10.2 Å². The van der Waals surface area contributed by atoms with Crippen molar-refractivity contribution in [1.29, 1.82) is 0 Å². The number of ether oxygens (including phenoxy) is 1. The number of hydrogen-bond donors (Lipinski definition) is 1. The summed E-state index contributed by atoms with van der Waals surface area (Å²) in [4.78, 5) is 27.1. The number of thioether (sulfide) groups is 1. The van der Waals surface area contributed by atoms with Crippen LogP contribution in [-0.2, 0) is 21.9 Å². The number of nitrogens with one attached hydrogen (secondary N) is 1. The van der Waals surface area contributed by atoms with Crippen LogP contribution in [0.5, 0.6) is 5.75 Å². The molecule has 0 aliphatic heterocycles. The molecule has 1 N–H and O–H groups in total. The molecule has 2 rings (SSSR count). The summed E-state index contributed by atoms with van der Waals surface area (Å²) < 4.78 is 5.28. The van der Waals surface area contributed by atoms with Crippen LogP contribution in [0.4, 0.5) is 0 Å². The van der Waals surface area contributed by atoms with Crippen LogP contribution in [0.25, 0.3) is 0 Å². The van der Waals surface area contributed by atoms with Gasteiger partial charge in [0.2, 0.25) is 11.8 Å². The third-order valence-corrected chi connectivity index (χ3v) is 6.33. The van der Waals surface area contributed by atoms with Crippen molar-refractivity contribution >= 4 is 46.8 Å². The van der Waals surface area contributed by atoms with Crippen molar-refractivity contribution in [3.05, 3.63) is 63.6 Å². The van der Waals surface area contributed by atoms with Gasteiger partial charge in [0, 0.05) is 19.3 Å². The number of carbonyl (C=O) groups is 2. The Hall–Kier alpha value is -1.89. The second kappa shape index (κ2) is 12.1. The van der Waals surface area contributed by atoms with Crippen molar-refractivity contribution in [2.45, 2.75) is 31.7 Å². The molecule has 0 aliphatic rings. The number of nitrogens with zero attached hydrogens (tertiary/aromatic N) is 1. The maximum absolute atomic E-state index is 13.1. The van der Waals surface area contributed by atoms with Crippen LogP contribution in [0.2, 0.25) is 10.0 Å². The number of methoxy groups -OCH3 is 1. The van der Waals surface area contributed by atoms with Gasteiger partial charge in [0.1, 0.15) is 11.8 Å². The molecule has 0 spiro atoms. The molecule has 0 bridgehead atoms. The van der Waals surface area contributed by atoms with Gasteiger partial charge >= 0.3 is 0 Å². The molecular weight excluding hydrogens is 443 g/mol. The van der Waals surface area contributed by atoms with E-state index in [9.17, 15) is 9.59 Å². The highest BCUT2D eigenvalue weighted by Crippen LogP contribution is 2.25. The predicted molar refractivity (Wildman–Crippen MR) is 124 cm³/mol. The van der Waals surface area contributed by atoms with E-state index < -0.39 is 6.04 Å². The Morgan fingerprint density at radius 2 is 1.90 bits per heavy atom. The molecule has 0 saturated carbocycles. The molecule has 30 heavy (non-hydrogen) atoms. The molecule has 0 aromatic heterocycles. The lowest BCUT2D eigenvalue weighted by atomic mass is 10.1. The van der Waals surface area contributed by atoms with E-state index in [1.165, 1.54) is 11.8 Å². The van der Waals surface area contributed by atoms with Gasteiger partial charge in [-0.15, -0.1) is 11.8 Å². The first-order chi connectivity index (χ1) is 14.4. The topological polar surface area (TPSA) is 58.6 Å². The Morgan fingerprint density at radius 3 is 2.53 bits per heavy atom. The van der Waals surface area contributed by atoms with E-state index in [1.807, 2.05) is 37.3 Å². The standard InChI is InChI=1S/C22H26Cl2N2O3S/c1-4-20(22(28)25-2)26(12-15-6-5-7-17(10-15)29-3)21(27)14-30-13-16-8-9-18(23)19(24)11-16/h5-11,20H,4,12-14H2,1-3H3,(H,25,28)/t20-/m1/s1. The SMILES string of the molecule is CC[C@H](C(=O)NC)N(Cc1cccc(OC)c1)C(=O)CSCc1ccc(Cl)c(Cl)c1. The predicted octanol–water partition coefficient (Wildman–Crippen LogP) is 4.79. The average Bonchev–Trinajstić information content (AvgIpc) is 2.75. The van der Waals surface area contributed by atoms with Crippen molar-refractivity contribution in [2.75, 3.05) is 19.9 Å². The highest BCUT2D eigenvalue weighted by Gasteiger charge is 2.27. The second-order valence-electron chi connectivity index (χ2n) is 6.65. The summed E-state index contributed by atoms with van der Waals surface area (Å²) in [7, 11) is 3.18. The molecule has 0 radical (unpaired) electrons. The summed E-state index contributed by atoms with van der Waals surface area (Å²) in [6.45, 7) is 2.23. The third-order valence-electron chi connectivity index (χ3n) is 4.60. The van der Waals surface area contributed by atoms with Gasteiger partial charge < -0.3 is 15.0 Å². The van der Waals surface area contributed by atoms with E-state index in [4.69, 9.17) is 27.9 Å². The van der Waals surface area contributed by atoms with E-state index in [0.717, 1.165) is 11.1 Å². The molecule has 0 aliphatic carbocycles. The Morgan fingerprint density at radius 1 is 1.13 bits per heavy atom. The van der Waals surface area contributed by atoms with Gasteiger partial charge in [0.25, 0.3) is 0 Å². The molecule has 2 aromatic carbocycles. The number of rotatable bonds is 10. The first kappa shape index (κ1) is 24.4. The van der Waals surface area contributed by atoms with Crippen molar-refractivity contribution in [2.24, 2.45) is 0 Å². The zero-order valence-corrected chi connectivity index (χ0v) is 19.6. The molecule has 0 saturated heterocycles. The zero-order valence-electron chi connectivity index (χ0n) is 17.3. The van der Waals surface area contributed by atoms with Crippen LogP contribution in [-0.4, -0.2) is 42.7 Å². The van der Waals surface area contributed by atoms with E-state index in [0.29, 0.717) is 34.5 Å². The third kappa shape index (κ3) is 6.83. The summed E-state index contributed by atoms with van der Waals surface area (Å²) in [5.41, 5.74) is 1.89. The summed E-state index contributed by atoms with van der Waals surface area (Å²) >= 11 is 13.5. The van der Waals surface area contributed by atoms with E-state index in [-0.39, 0.29) is 17.6 Å². The molecule has 2 aromatic rings. The van der Waals surface area contributed by atoms with Gasteiger partial charge in [-0.05, 0) is 41.8 Å². The van der Waals surface area contributed by atoms with Gasteiger partial charge in [0.15, 0.2) is 0 Å². The first-order valence-electron chi connectivity index (χ1n) is 9.55. The highest BCUT2D eigenvalue weighted by molar-refractivity contribution is 7.99. The van der Waals surface area contributed by atoms with E-state index in [1.54, 1.807) is 31.2 Å². The van der Waals surface area contributed by atoms with Crippen LogP contribution in [0, 0.1) is 0 Å². The van der Waals surface area contributed by atoms with Crippen LogP contribution in [0.1, 0.15) is 24.5 Å². The fraction of sp³-hybridized carbons (Fsp3) is 0.364. The number of hydrogen-bond acceptors (Lipinski definition) is 4. The Labute approximate surface area is 192 Å². The summed E-state index contributed by atoms with van der Waals surface area (Å²) in [5, 5.41) is 3.66. The summed E-state index contributed by atoms with van der Waals surface area (Å²) in [6.07, 6.45) is 0.521. The fourth-order valence-corrected chi connectivity index (χ4v) is 4.20. The minimum absolute atomic E-state index is 0.0988. The number of halogens is 2. The fourth-order valence-electron chi connectivity index (χ4n) is 3.02. The largest absolute Gasteiger partial charge is 0.497 e. The lowest BCUT2D eigenvalue weighted by Crippen LogP contribution is -2.48. The van der Waals surface area contributed by atoms with Gasteiger partial charge in [-0.25, -0.2) is 0 Å². The molecule has 162 valence electrons. The lowest BCUT2D eigenvalue weighted by molar-refractivity contribution is -0.139. The van der Waals surface area contributed by atoms with Crippen LogP contribution in [0.3, 0.4) is 0 Å². The van der Waals surface area contributed by atoms with E-state index >= 15 is 0 Å². The maximum Gasteiger partial charge on any atom is 0.242 e. The molecule has 0 fully saturated rings. The minimum atomic E-state index is -0.542. The number of likely N-dealkylation sites (N-methyl/N-ethyl adjacent to an activating group) is 1. The molecule has 5 nitrogen and oxygen atoms in total. The normalized spacial score (nSPS) is 11.6. The molecule has 8 heteroatoms. The van der Waals surface area contributed by atoms with Gasteiger partial charge in [-0.1, -0.05) is 48.3 Å². The maximum atomic E-state index is 13.1. The molecule has 0 heterocycles. The zero-order chi connectivity index (χ0) is 22.1. The number of benzene rings is 2. The van der Waals surface area contributed by atoms with Gasteiger partial charge in [0.05, 0.1) is 22.9 Å². The van der Waals surface area contributed by atoms with Crippen molar-refractivity contribution in [3.8, 4) is 5.75 Å². The second-order valence-corrected chi connectivity index (χ2v) is 8.45. The summed E-state index contributed by atoms with van der Waals surface area (Å²) in [6, 6.07) is 12.4. The van der Waals surface area contributed by atoms with Gasteiger partial charge in [-0.2, -0.15) is 0 Å². The molecule has 0 unspecified atom stereocenters. The number of amides is 2. The molecular formula is C22H26Cl2N2O3S. The lowest BCUT2D eigenvalue weighted by Gasteiger charge is -2.30. The highest BCUT2D eigenvalue weighted by atomic mass is 35.5. The summed E-state index contributed by atoms with van der Waals surface area (Å²) in [5.74, 6) is 1.30. The van der Waals surface area contributed by atoms with Crippen LogP contribution < -0.4 is 10.1 Å². The monoisotopic (exact) mass is 468 g/mol. The van der Waals surface area contributed by atoms with Crippen molar-refractivity contribution in [3.63, 3.8) is 0 Å². The quantitative estimate of drug-likeness (QED) is 0.544. The Bertz CT molecular complexity index is 879. The van der Waals surface area contributed by atoms with Crippen LogP contribution in [0.15, 0.2) is 42.5 Å². The van der Waals surface area contributed by atoms with E-state index in [2.05, 4.69) is 5.32 Å². The molecule has 1 atom stereocenters. The number of carbonyl (C=O) groups excluding carboxylic acids is 2. The average molecular weight is 469 g/mol. The van der Waals surface area contributed by atoms with Crippen LogP contribution >= 0.6 is 35.0 Å². The first-order valence-corrected chi connectivity index (χ1v) is 11.5. The Balaban J connectivity index is 2.12. The smallest absolute Gasteiger partial charge is 0.242 e. The molecule has 2 amide bonds. The minimum Gasteiger partial charge on any atom is -0.497 e. The Kier molecular flexibility index (Phi) is 9.82.